The topological polar surface area (TPSA) is 49.3 Å². The van der Waals surface area contributed by atoms with Gasteiger partial charge in [-0.2, -0.15) is 0 Å². The predicted octanol–water partition coefficient (Wildman–Crippen LogP) is 5.64. The number of hydrogen-bond acceptors (Lipinski definition) is 2. The van der Waals surface area contributed by atoms with Crippen LogP contribution in [0.4, 0.5) is 0 Å². The van der Waals surface area contributed by atoms with E-state index in [0.29, 0.717) is 5.75 Å². The van der Waals surface area contributed by atoms with E-state index < -0.39 is 0 Å². The number of carbonyl (C=O) groups excluding carboxylic acids is 1. The zero-order valence-corrected chi connectivity index (χ0v) is 17.1. The van der Waals surface area contributed by atoms with E-state index in [9.17, 15) is 9.90 Å². The molecule has 1 fully saturated rings. The van der Waals surface area contributed by atoms with Crippen LogP contribution in [0.5, 0.6) is 5.75 Å². The van der Waals surface area contributed by atoms with Gasteiger partial charge in [0.15, 0.2) is 0 Å². The number of benzene rings is 2. The molecule has 0 bridgehead atoms. The van der Waals surface area contributed by atoms with Crippen LogP contribution in [-0.4, -0.2) is 11.0 Å². The van der Waals surface area contributed by atoms with Gasteiger partial charge in [0.1, 0.15) is 5.75 Å². The smallest absolute Gasteiger partial charge is 0.227 e. The van der Waals surface area contributed by atoms with Crippen LogP contribution in [0.2, 0.25) is 0 Å². The Bertz CT molecular complexity index is 1050. The lowest BCUT2D eigenvalue weighted by Crippen LogP contribution is -2.29. The van der Waals surface area contributed by atoms with Gasteiger partial charge in [-0.05, 0) is 65.7 Å². The van der Waals surface area contributed by atoms with Crippen LogP contribution in [0.25, 0.3) is 6.08 Å². The number of phenolic OH excluding ortho intramolecular Hbond substituents is 1. The van der Waals surface area contributed by atoms with Gasteiger partial charge in [0.25, 0.3) is 0 Å². The minimum Gasteiger partial charge on any atom is -0.508 e. The SMILES string of the molecule is O=C(NC1=CCC=C1C1=Cc2ccccc2C1Cc1ccc(O)cc1)C1CCCC1. The summed E-state index contributed by atoms with van der Waals surface area (Å²) in [4.78, 5) is 12.8. The molecule has 152 valence electrons. The summed E-state index contributed by atoms with van der Waals surface area (Å²) in [6, 6.07) is 16.1. The average Bonchev–Trinajstić information content (AvgIpc) is 3.50. The third kappa shape index (κ3) is 3.60. The zero-order valence-electron chi connectivity index (χ0n) is 17.1. The quantitative estimate of drug-likeness (QED) is 0.686. The fourth-order valence-electron chi connectivity index (χ4n) is 5.08. The highest BCUT2D eigenvalue weighted by atomic mass is 16.3. The highest BCUT2D eigenvalue weighted by Gasteiger charge is 2.31. The van der Waals surface area contributed by atoms with E-state index in [1.54, 1.807) is 12.1 Å². The lowest BCUT2D eigenvalue weighted by atomic mass is 9.85. The first-order valence-electron chi connectivity index (χ1n) is 11.0. The maximum absolute atomic E-state index is 12.8. The summed E-state index contributed by atoms with van der Waals surface area (Å²) in [5.41, 5.74) is 7.20. The van der Waals surface area contributed by atoms with Gasteiger partial charge < -0.3 is 10.4 Å². The van der Waals surface area contributed by atoms with Crippen molar-refractivity contribution >= 4 is 12.0 Å². The molecule has 1 atom stereocenters. The Morgan fingerprint density at radius 3 is 2.57 bits per heavy atom. The highest BCUT2D eigenvalue weighted by molar-refractivity contribution is 5.83. The van der Waals surface area contributed by atoms with Gasteiger partial charge >= 0.3 is 0 Å². The second-order valence-electron chi connectivity index (χ2n) is 8.59. The van der Waals surface area contributed by atoms with Crippen molar-refractivity contribution in [1.29, 1.82) is 0 Å². The lowest BCUT2D eigenvalue weighted by molar-refractivity contribution is -0.124. The lowest BCUT2D eigenvalue weighted by Gasteiger charge is -2.21. The van der Waals surface area contributed by atoms with E-state index in [4.69, 9.17) is 0 Å². The van der Waals surface area contributed by atoms with E-state index in [-0.39, 0.29) is 17.7 Å². The molecule has 0 spiro atoms. The maximum Gasteiger partial charge on any atom is 0.227 e. The molecule has 5 rings (SSSR count). The van der Waals surface area contributed by atoms with Gasteiger partial charge in [-0.15, -0.1) is 0 Å². The van der Waals surface area contributed by atoms with Crippen LogP contribution in [-0.2, 0) is 11.2 Å². The molecule has 0 aromatic heterocycles. The Balaban J connectivity index is 1.42. The number of phenols is 1. The van der Waals surface area contributed by atoms with E-state index in [1.165, 1.54) is 27.8 Å². The summed E-state index contributed by atoms with van der Waals surface area (Å²) in [6.45, 7) is 0. The van der Waals surface area contributed by atoms with Gasteiger partial charge in [-0.1, -0.05) is 67.5 Å². The number of amides is 1. The molecule has 0 heterocycles. The maximum atomic E-state index is 12.8. The fraction of sp³-hybridized carbons (Fsp3) is 0.296. The molecule has 0 saturated heterocycles. The predicted molar refractivity (Wildman–Crippen MR) is 120 cm³/mol. The summed E-state index contributed by atoms with van der Waals surface area (Å²) in [7, 11) is 0. The molecule has 3 aliphatic rings. The van der Waals surface area contributed by atoms with Gasteiger partial charge in [-0.25, -0.2) is 0 Å². The van der Waals surface area contributed by atoms with Crippen molar-refractivity contribution in [1.82, 2.24) is 5.32 Å². The Morgan fingerprint density at radius 2 is 1.77 bits per heavy atom. The first-order chi connectivity index (χ1) is 14.7. The van der Waals surface area contributed by atoms with Crippen LogP contribution in [0.15, 0.2) is 77.5 Å². The Morgan fingerprint density at radius 1 is 1.00 bits per heavy atom. The number of aromatic hydroxyl groups is 1. The molecular weight excluding hydrogens is 370 g/mol. The van der Waals surface area contributed by atoms with E-state index in [0.717, 1.165) is 44.2 Å². The minimum atomic E-state index is 0.162. The number of allylic oxidation sites excluding steroid dienone is 3. The number of hydrogen-bond donors (Lipinski definition) is 2. The van der Waals surface area contributed by atoms with Crippen molar-refractivity contribution in [3.8, 4) is 5.75 Å². The molecule has 2 N–H and O–H groups in total. The summed E-state index contributed by atoms with van der Waals surface area (Å²) in [5, 5.41) is 12.9. The summed E-state index contributed by atoms with van der Waals surface area (Å²) >= 11 is 0. The van der Waals surface area contributed by atoms with Crippen molar-refractivity contribution in [2.75, 3.05) is 0 Å². The molecule has 1 saturated carbocycles. The molecule has 2 aromatic carbocycles. The standard InChI is InChI=1S/C27H27NO2/c29-21-14-12-18(13-15-21)16-24-22-9-4-3-8-20(22)17-25(24)23-10-5-11-26(23)28-27(30)19-6-1-2-7-19/h3-4,8-15,17,19,24,29H,1-2,5-7,16H2,(H,28,30). The van der Waals surface area contributed by atoms with Crippen LogP contribution >= 0.6 is 0 Å². The first kappa shape index (κ1) is 18.9. The molecule has 0 radical (unpaired) electrons. The molecular formula is C27H27NO2. The molecule has 1 amide bonds. The Kier molecular flexibility index (Phi) is 5.04. The van der Waals surface area contributed by atoms with Gasteiger partial charge in [0, 0.05) is 17.5 Å². The minimum absolute atomic E-state index is 0.162. The van der Waals surface area contributed by atoms with Crippen molar-refractivity contribution in [3.05, 3.63) is 94.2 Å². The van der Waals surface area contributed by atoms with Crippen molar-refractivity contribution < 1.29 is 9.90 Å². The first-order valence-corrected chi connectivity index (χ1v) is 11.0. The van der Waals surface area contributed by atoms with E-state index in [1.807, 2.05) is 12.1 Å². The monoisotopic (exact) mass is 397 g/mol. The molecule has 30 heavy (non-hydrogen) atoms. The largest absolute Gasteiger partial charge is 0.508 e. The van der Waals surface area contributed by atoms with Crippen LogP contribution in [0.1, 0.15) is 54.7 Å². The summed E-state index contributed by atoms with van der Waals surface area (Å²) in [6.07, 6.45) is 12.7. The molecule has 1 unspecified atom stereocenters. The number of rotatable bonds is 5. The van der Waals surface area contributed by atoms with Gasteiger partial charge in [0.2, 0.25) is 5.91 Å². The zero-order chi connectivity index (χ0) is 20.5. The third-order valence-corrected chi connectivity index (χ3v) is 6.66. The second kappa shape index (κ2) is 7.98. The summed E-state index contributed by atoms with van der Waals surface area (Å²) < 4.78 is 0. The summed E-state index contributed by atoms with van der Waals surface area (Å²) in [5.74, 6) is 0.870. The van der Waals surface area contributed by atoms with Gasteiger partial charge in [0.05, 0.1) is 0 Å². The number of carbonyl (C=O) groups is 1. The van der Waals surface area contributed by atoms with Gasteiger partial charge in [-0.3, -0.25) is 4.79 Å². The molecule has 0 aliphatic heterocycles. The van der Waals surface area contributed by atoms with Crippen molar-refractivity contribution in [2.45, 2.75) is 44.4 Å². The highest BCUT2D eigenvalue weighted by Crippen LogP contribution is 2.44. The van der Waals surface area contributed by atoms with Crippen LogP contribution in [0, 0.1) is 5.92 Å². The normalized spacial score (nSPS) is 20.5. The second-order valence-corrected chi connectivity index (χ2v) is 8.59. The Hall–Kier alpha value is -3.07. The Labute approximate surface area is 177 Å². The van der Waals surface area contributed by atoms with Crippen LogP contribution < -0.4 is 5.32 Å². The molecule has 2 aromatic rings. The fourth-order valence-corrected chi connectivity index (χ4v) is 5.08. The van der Waals surface area contributed by atoms with Crippen molar-refractivity contribution in [3.63, 3.8) is 0 Å². The average molecular weight is 398 g/mol. The van der Waals surface area contributed by atoms with Crippen LogP contribution in [0.3, 0.4) is 0 Å². The van der Waals surface area contributed by atoms with E-state index >= 15 is 0 Å². The number of nitrogens with one attached hydrogen (secondary N) is 1. The number of fused-ring (bicyclic) bond motifs is 1. The molecule has 3 nitrogen and oxygen atoms in total. The third-order valence-electron chi connectivity index (χ3n) is 6.66. The van der Waals surface area contributed by atoms with Crippen molar-refractivity contribution in [2.24, 2.45) is 5.92 Å². The molecule has 3 aliphatic carbocycles. The molecule has 3 heteroatoms. The van der Waals surface area contributed by atoms with E-state index in [2.05, 4.69) is 47.8 Å².